The Balaban J connectivity index is 0.00000267. The summed E-state index contributed by atoms with van der Waals surface area (Å²) >= 11 is 0. The van der Waals surface area contributed by atoms with Crippen molar-refractivity contribution in [2.45, 2.75) is 19.3 Å². The van der Waals surface area contributed by atoms with Crippen LogP contribution in [0.5, 0.6) is 0 Å². The molecule has 178 valence electrons. The maximum absolute atomic E-state index is 6.16. The Morgan fingerprint density at radius 3 is 2.06 bits per heavy atom. The molecule has 0 N–H and O–H groups in total. The van der Waals surface area contributed by atoms with Gasteiger partial charge in [-0.1, -0.05) is 44.2 Å². The van der Waals surface area contributed by atoms with Crippen molar-refractivity contribution < 1.29 is 25.5 Å². The van der Waals surface area contributed by atoms with Gasteiger partial charge in [-0.05, 0) is 53.3 Å². The van der Waals surface area contributed by atoms with Gasteiger partial charge < -0.3 is 9.32 Å². The van der Waals surface area contributed by atoms with Gasteiger partial charge in [-0.3, -0.25) is 4.98 Å². The normalized spacial score (nSPS) is 11.4. The number of benzene rings is 3. The average Bonchev–Trinajstić information content (AvgIpc) is 3.28. The predicted molar refractivity (Wildman–Crippen MR) is 140 cm³/mol. The quantitative estimate of drug-likeness (QED) is 0.179. The molecular formula is C31H23N3OPt. The van der Waals surface area contributed by atoms with Gasteiger partial charge in [0.25, 0.3) is 0 Å². The summed E-state index contributed by atoms with van der Waals surface area (Å²) in [5, 5.41) is 1.81. The van der Waals surface area contributed by atoms with Crippen molar-refractivity contribution >= 4 is 39.1 Å². The Morgan fingerprint density at radius 1 is 0.694 bits per heavy atom. The standard InChI is InChI=1S/C31H23N3O.Pt/c1-31(2,29-12-6-8-18-32-29)22-14-16-27-25(20-22)26-21-24(15-17-28(26)35-27)34(23-10-4-3-5-11-23)30-13-7-9-19-33-30;/h3-19H,1-2H3;/q-2;+2. The number of hydrogen-bond donors (Lipinski definition) is 0. The van der Waals surface area contributed by atoms with Gasteiger partial charge in [-0.25, -0.2) is 4.98 Å². The first kappa shape index (κ1) is 24.0. The van der Waals surface area contributed by atoms with Gasteiger partial charge >= 0.3 is 21.1 Å². The fourth-order valence-corrected chi connectivity index (χ4v) is 4.43. The van der Waals surface area contributed by atoms with E-state index in [1.54, 1.807) is 6.20 Å². The number of hydrogen-bond acceptors (Lipinski definition) is 4. The number of anilines is 3. The summed E-state index contributed by atoms with van der Waals surface area (Å²) in [6.45, 7) is 4.34. The molecule has 36 heavy (non-hydrogen) atoms. The average molecular weight is 649 g/mol. The minimum Gasteiger partial charge on any atom is -0.564 e. The second-order valence-electron chi connectivity index (χ2n) is 9.00. The second-order valence-corrected chi connectivity index (χ2v) is 9.00. The predicted octanol–water partition coefficient (Wildman–Crippen LogP) is 7.77. The van der Waals surface area contributed by atoms with Gasteiger partial charge in [0, 0.05) is 29.2 Å². The number of rotatable bonds is 5. The number of pyridine rings is 2. The first-order valence-electron chi connectivity index (χ1n) is 11.6. The van der Waals surface area contributed by atoms with Crippen LogP contribution in [0, 0.1) is 12.1 Å². The molecule has 0 aliphatic rings. The zero-order chi connectivity index (χ0) is 23.8. The van der Waals surface area contributed by atoms with Gasteiger partial charge in [0.15, 0.2) is 0 Å². The SMILES string of the molecule is CC(C)(c1[c-]c2c(cc1)oc1ccc(N(c3ccccc3)c3ccccn3)[c-]c12)c1ccccn1.[Pt+2]. The number of fused-ring (bicyclic) bond motifs is 3. The van der Waals surface area contributed by atoms with E-state index >= 15 is 0 Å². The van der Waals surface area contributed by atoms with E-state index in [1.807, 2.05) is 72.9 Å². The Hall–Kier alpha value is -3.75. The van der Waals surface area contributed by atoms with E-state index in [0.29, 0.717) is 0 Å². The summed E-state index contributed by atoms with van der Waals surface area (Å²) in [5.74, 6) is 0.822. The Labute approximate surface area is 224 Å². The summed E-state index contributed by atoms with van der Waals surface area (Å²) in [7, 11) is 0. The largest absolute Gasteiger partial charge is 2.00 e. The first-order valence-corrected chi connectivity index (χ1v) is 11.6. The summed E-state index contributed by atoms with van der Waals surface area (Å²) in [6, 6.07) is 37.5. The minimum absolute atomic E-state index is 0. The molecule has 0 saturated heterocycles. The van der Waals surface area contributed by atoms with Crippen molar-refractivity contribution in [3.8, 4) is 0 Å². The van der Waals surface area contributed by atoms with Gasteiger partial charge in [0.05, 0.1) is 0 Å². The summed E-state index contributed by atoms with van der Waals surface area (Å²) in [6.07, 6.45) is 3.63. The van der Waals surface area contributed by atoms with Crippen LogP contribution in [0.4, 0.5) is 17.2 Å². The van der Waals surface area contributed by atoms with E-state index in [-0.39, 0.29) is 26.5 Å². The van der Waals surface area contributed by atoms with Crippen LogP contribution < -0.4 is 4.90 Å². The van der Waals surface area contributed by atoms with Crippen molar-refractivity contribution in [1.29, 1.82) is 0 Å². The zero-order valence-electron chi connectivity index (χ0n) is 19.9. The molecule has 4 nitrogen and oxygen atoms in total. The number of para-hydroxylation sites is 1. The molecule has 6 aromatic rings. The molecule has 0 aliphatic heterocycles. The maximum Gasteiger partial charge on any atom is 2.00 e. The molecule has 0 radical (unpaired) electrons. The summed E-state index contributed by atoms with van der Waals surface area (Å²) in [5.41, 5.74) is 5.21. The zero-order valence-corrected chi connectivity index (χ0v) is 22.2. The molecule has 5 heteroatoms. The first-order chi connectivity index (χ1) is 17.1. The molecule has 0 atom stereocenters. The fourth-order valence-electron chi connectivity index (χ4n) is 4.43. The molecule has 0 amide bonds. The van der Waals surface area contributed by atoms with Gasteiger partial charge in [-0.15, -0.1) is 29.8 Å². The van der Waals surface area contributed by atoms with Crippen LogP contribution in [-0.2, 0) is 26.5 Å². The monoisotopic (exact) mass is 648 g/mol. The third-order valence-electron chi connectivity index (χ3n) is 6.38. The van der Waals surface area contributed by atoms with E-state index in [0.717, 1.165) is 50.4 Å². The molecule has 3 aromatic carbocycles. The molecule has 0 bridgehead atoms. The van der Waals surface area contributed by atoms with Gasteiger partial charge in [0.1, 0.15) is 5.82 Å². The molecule has 0 spiro atoms. The second kappa shape index (κ2) is 9.72. The Morgan fingerprint density at radius 2 is 1.36 bits per heavy atom. The van der Waals surface area contributed by atoms with E-state index in [9.17, 15) is 0 Å². The van der Waals surface area contributed by atoms with Crippen molar-refractivity contribution in [2.24, 2.45) is 0 Å². The van der Waals surface area contributed by atoms with E-state index in [1.165, 1.54) is 0 Å². The maximum atomic E-state index is 6.16. The fraction of sp³-hybridized carbons (Fsp3) is 0.0968. The number of aromatic nitrogens is 2. The molecule has 0 aliphatic carbocycles. The third kappa shape index (κ3) is 4.23. The van der Waals surface area contributed by atoms with Crippen LogP contribution in [-0.4, -0.2) is 9.97 Å². The van der Waals surface area contributed by atoms with Gasteiger partial charge in [-0.2, -0.15) is 22.9 Å². The van der Waals surface area contributed by atoms with Crippen LogP contribution in [0.15, 0.2) is 108 Å². The smallest absolute Gasteiger partial charge is 0.564 e. The van der Waals surface area contributed by atoms with Crippen molar-refractivity contribution in [2.75, 3.05) is 4.90 Å². The van der Waals surface area contributed by atoms with Crippen molar-refractivity contribution in [3.63, 3.8) is 0 Å². The van der Waals surface area contributed by atoms with Crippen LogP contribution in [0.1, 0.15) is 25.1 Å². The molecule has 6 rings (SSSR count). The Bertz CT molecular complexity index is 1570. The molecule has 3 heterocycles. The van der Waals surface area contributed by atoms with Gasteiger partial charge in [0.2, 0.25) is 0 Å². The van der Waals surface area contributed by atoms with E-state index in [4.69, 9.17) is 4.42 Å². The van der Waals surface area contributed by atoms with E-state index < -0.39 is 0 Å². The van der Waals surface area contributed by atoms with Crippen LogP contribution in [0.2, 0.25) is 0 Å². The van der Waals surface area contributed by atoms with Crippen LogP contribution >= 0.6 is 0 Å². The third-order valence-corrected chi connectivity index (χ3v) is 6.38. The van der Waals surface area contributed by atoms with Crippen LogP contribution in [0.25, 0.3) is 21.9 Å². The molecule has 0 fully saturated rings. The topological polar surface area (TPSA) is 42.2 Å². The van der Waals surface area contributed by atoms with Crippen molar-refractivity contribution in [1.82, 2.24) is 9.97 Å². The Kier molecular flexibility index (Phi) is 6.47. The molecular weight excluding hydrogens is 625 g/mol. The summed E-state index contributed by atoms with van der Waals surface area (Å²) < 4.78 is 6.16. The van der Waals surface area contributed by atoms with E-state index in [2.05, 4.69) is 65.1 Å². The molecule has 3 aromatic heterocycles. The summed E-state index contributed by atoms with van der Waals surface area (Å²) in [4.78, 5) is 11.3. The molecule has 0 saturated carbocycles. The minimum atomic E-state index is -0.305. The number of nitrogens with zero attached hydrogens (tertiary/aromatic N) is 3. The number of furan rings is 1. The molecule has 0 unspecified atom stereocenters. The van der Waals surface area contributed by atoms with Crippen LogP contribution in [0.3, 0.4) is 0 Å². The van der Waals surface area contributed by atoms with Crippen molar-refractivity contribution in [3.05, 3.63) is 127 Å².